The SMILES string of the molecule is CCNC(=O)Cc1ccc(NCc2cc(Cl)cs2)cc1. The molecule has 1 amide bonds. The van der Waals surface area contributed by atoms with E-state index in [1.807, 2.05) is 42.6 Å². The van der Waals surface area contributed by atoms with E-state index in [1.165, 1.54) is 4.88 Å². The van der Waals surface area contributed by atoms with Crippen LogP contribution in [0.1, 0.15) is 17.4 Å². The maximum Gasteiger partial charge on any atom is 0.224 e. The van der Waals surface area contributed by atoms with Crippen LogP contribution in [-0.4, -0.2) is 12.5 Å². The third-order valence-electron chi connectivity index (χ3n) is 2.78. The van der Waals surface area contributed by atoms with Crippen LogP contribution in [0.3, 0.4) is 0 Å². The molecular weight excluding hydrogens is 292 g/mol. The third kappa shape index (κ3) is 4.54. The van der Waals surface area contributed by atoms with Gasteiger partial charge in [-0.3, -0.25) is 4.79 Å². The zero-order valence-corrected chi connectivity index (χ0v) is 12.9. The predicted octanol–water partition coefficient (Wildman–Crippen LogP) is 3.69. The predicted molar refractivity (Wildman–Crippen MR) is 85.5 cm³/mol. The van der Waals surface area contributed by atoms with Gasteiger partial charge in [0.2, 0.25) is 5.91 Å². The Bertz CT molecular complexity index is 566. The lowest BCUT2D eigenvalue weighted by atomic mass is 10.1. The summed E-state index contributed by atoms with van der Waals surface area (Å²) in [4.78, 5) is 12.7. The molecule has 0 fully saturated rings. The van der Waals surface area contributed by atoms with E-state index >= 15 is 0 Å². The van der Waals surface area contributed by atoms with E-state index in [-0.39, 0.29) is 5.91 Å². The van der Waals surface area contributed by atoms with E-state index in [0.717, 1.165) is 22.8 Å². The van der Waals surface area contributed by atoms with Crippen LogP contribution >= 0.6 is 22.9 Å². The minimum Gasteiger partial charge on any atom is -0.380 e. The van der Waals surface area contributed by atoms with Crippen LogP contribution in [0.15, 0.2) is 35.7 Å². The average Bonchev–Trinajstić information content (AvgIpc) is 2.84. The van der Waals surface area contributed by atoms with Crippen molar-refractivity contribution >= 4 is 34.5 Å². The molecule has 2 aromatic rings. The Morgan fingerprint density at radius 3 is 2.65 bits per heavy atom. The second kappa shape index (κ2) is 7.31. The smallest absolute Gasteiger partial charge is 0.224 e. The normalized spacial score (nSPS) is 10.3. The maximum atomic E-state index is 11.5. The number of nitrogens with one attached hydrogen (secondary N) is 2. The molecule has 0 aliphatic heterocycles. The molecule has 2 N–H and O–H groups in total. The monoisotopic (exact) mass is 308 g/mol. The van der Waals surface area contributed by atoms with E-state index in [4.69, 9.17) is 11.6 Å². The number of hydrogen-bond acceptors (Lipinski definition) is 3. The molecule has 0 radical (unpaired) electrons. The first-order valence-corrected chi connectivity index (χ1v) is 7.75. The molecule has 0 saturated heterocycles. The van der Waals surface area contributed by atoms with Crippen molar-refractivity contribution in [3.63, 3.8) is 0 Å². The van der Waals surface area contributed by atoms with Crippen LogP contribution in [-0.2, 0) is 17.8 Å². The van der Waals surface area contributed by atoms with Crippen molar-refractivity contribution in [3.8, 4) is 0 Å². The zero-order chi connectivity index (χ0) is 14.4. The number of thiophene rings is 1. The molecule has 0 aliphatic carbocycles. The molecule has 0 aliphatic rings. The van der Waals surface area contributed by atoms with Gasteiger partial charge in [-0.15, -0.1) is 11.3 Å². The van der Waals surface area contributed by atoms with Crippen LogP contribution < -0.4 is 10.6 Å². The summed E-state index contributed by atoms with van der Waals surface area (Å²) in [5, 5.41) is 8.83. The van der Waals surface area contributed by atoms with E-state index < -0.39 is 0 Å². The van der Waals surface area contributed by atoms with Crippen molar-refractivity contribution < 1.29 is 4.79 Å². The number of carbonyl (C=O) groups excluding carboxylic acids is 1. The van der Waals surface area contributed by atoms with Crippen molar-refractivity contribution in [3.05, 3.63) is 51.2 Å². The molecule has 0 atom stereocenters. The Labute approximate surface area is 128 Å². The standard InChI is InChI=1S/C15H17ClN2OS/c1-2-17-15(19)7-11-3-5-13(6-4-11)18-9-14-8-12(16)10-20-14/h3-6,8,10,18H,2,7,9H2,1H3,(H,17,19). The quantitative estimate of drug-likeness (QED) is 0.854. The van der Waals surface area contributed by atoms with Gasteiger partial charge in [-0.1, -0.05) is 23.7 Å². The minimum atomic E-state index is 0.0569. The maximum absolute atomic E-state index is 11.5. The summed E-state index contributed by atoms with van der Waals surface area (Å²) in [6.07, 6.45) is 0.425. The number of benzene rings is 1. The van der Waals surface area contributed by atoms with Crippen LogP contribution in [0, 0.1) is 0 Å². The molecule has 20 heavy (non-hydrogen) atoms. The summed E-state index contributed by atoms with van der Waals surface area (Å²) in [5.74, 6) is 0.0569. The van der Waals surface area contributed by atoms with Crippen LogP contribution in [0.25, 0.3) is 0 Å². The molecule has 5 heteroatoms. The first-order chi connectivity index (χ1) is 9.67. The van der Waals surface area contributed by atoms with Gasteiger partial charge in [-0.05, 0) is 30.7 Å². The van der Waals surface area contributed by atoms with Crippen LogP contribution in [0.5, 0.6) is 0 Å². The fourth-order valence-electron chi connectivity index (χ4n) is 1.82. The van der Waals surface area contributed by atoms with Crippen molar-refractivity contribution in [1.82, 2.24) is 5.32 Å². The van der Waals surface area contributed by atoms with Gasteiger partial charge >= 0.3 is 0 Å². The van der Waals surface area contributed by atoms with Crippen molar-refractivity contribution in [2.24, 2.45) is 0 Å². The summed E-state index contributed by atoms with van der Waals surface area (Å²) >= 11 is 7.52. The largest absolute Gasteiger partial charge is 0.380 e. The Balaban J connectivity index is 1.86. The molecule has 1 aromatic heterocycles. The summed E-state index contributed by atoms with van der Waals surface area (Å²) < 4.78 is 0. The van der Waals surface area contributed by atoms with Gasteiger partial charge < -0.3 is 10.6 Å². The Hall–Kier alpha value is -1.52. The molecule has 3 nitrogen and oxygen atoms in total. The minimum absolute atomic E-state index is 0.0569. The van der Waals surface area contributed by atoms with Crippen LogP contribution in [0.4, 0.5) is 5.69 Å². The first kappa shape index (κ1) is 14.9. The van der Waals surface area contributed by atoms with Gasteiger partial charge in [0.15, 0.2) is 0 Å². The van der Waals surface area contributed by atoms with E-state index in [1.54, 1.807) is 11.3 Å². The molecule has 0 bridgehead atoms. The van der Waals surface area contributed by atoms with Gasteiger partial charge in [0.1, 0.15) is 0 Å². The van der Waals surface area contributed by atoms with Gasteiger partial charge in [0.25, 0.3) is 0 Å². The van der Waals surface area contributed by atoms with Crippen LogP contribution in [0.2, 0.25) is 5.02 Å². The topological polar surface area (TPSA) is 41.1 Å². The number of rotatable bonds is 6. The summed E-state index contributed by atoms with van der Waals surface area (Å²) in [5.41, 5.74) is 2.05. The van der Waals surface area contributed by atoms with Gasteiger partial charge in [0, 0.05) is 29.0 Å². The van der Waals surface area contributed by atoms with E-state index in [2.05, 4.69) is 10.6 Å². The lowest BCUT2D eigenvalue weighted by Gasteiger charge is -2.06. The highest BCUT2D eigenvalue weighted by molar-refractivity contribution is 7.10. The number of halogens is 1. The molecule has 1 aromatic carbocycles. The van der Waals surface area contributed by atoms with Crippen molar-refractivity contribution in [2.75, 3.05) is 11.9 Å². The molecule has 0 saturated carbocycles. The fraction of sp³-hybridized carbons (Fsp3) is 0.267. The molecule has 106 valence electrons. The Kier molecular flexibility index (Phi) is 5.44. The third-order valence-corrected chi connectivity index (χ3v) is 4.07. The molecule has 0 spiro atoms. The van der Waals surface area contributed by atoms with Gasteiger partial charge in [-0.2, -0.15) is 0 Å². The first-order valence-electron chi connectivity index (χ1n) is 6.50. The number of likely N-dealkylation sites (N-methyl/N-ethyl adjacent to an activating group) is 1. The summed E-state index contributed by atoms with van der Waals surface area (Å²) in [6.45, 7) is 3.34. The zero-order valence-electron chi connectivity index (χ0n) is 11.3. The molecule has 1 heterocycles. The fourth-order valence-corrected chi connectivity index (χ4v) is 2.83. The summed E-state index contributed by atoms with van der Waals surface area (Å²) in [7, 11) is 0. The Morgan fingerprint density at radius 2 is 2.05 bits per heavy atom. The lowest BCUT2D eigenvalue weighted by molar-refractivity contribution is -0.120. The van der Waals surface area contributed by atoms with E-state index in [9.17, 15) is 4.79 Å². The number of hydrogen-bond donors (Lipinski definition) is 2. The highest BCUT2D eigenvalue weighted by atomic mass is 35.5. The van der Waals surface area contributed by atoms with Gasteiger partial charge in [-0.25, -0.2) is 0 Å². The Morgan fingerprint density at radius 1 is 1.30 bits per heavy atom. The highest BCUT2D eigenvalue weighted by Gasteiger charge is 2.02. The lowest BCUT2D eigenvalue weighted by Crippen LogP contribution is -2.24. The number of amides is 1. The second-order valence-electron chi connectivity index (χ2n) is 4.41. The molecule has 2 rings (SSSR count). The summed E-state index contributed by atoms with van der Waals surface area (Å²) in [6, 6.07) is 9.88. The number of carbonyl (C=O) groups is 1. The van der Waals surface area contributed by atoms with E-state index in [0.29, 0.717) is 13.0 Å². The highest BCUT2D eigenvalue weighted by Crippen LogP contribution is 2.20. The average molecular weight is 309 g/mol. The molecule has 0 unspecified atom stereocenters. The van der Waals surface area contributed by atoms with Crippen molar-refractivity contribution in [1.29, 1.82) is 0 Å². The number of anilines is 1. The van der Waals surface area contributed by atoms with Gasteiger partial charge in [0.05, 0.1) is 11.4 Å². The molecular formula is C15H17ClN2OS. The van der Waals surface area contributed by atoms with Crippen molar-refractivity contribution in [2.45, 2.75) is 19.9 Å². The second-order valence-corrected chi connectivity index (χ2v) is 5.84.